The SMILES string of the molecule is O=C(NC1[C@H]2CC3C[C@H]1CC(O)(C3)C2)c1cnn(C2CCC(O)CC2)c1-n1cccn1. The molecule has 8 nitrogen and oxygen atoms in total. The molecule has 0 aromatic carbocycles. The average Bonchev–Trinajstić information content (AvgIpc) is 3.39. The van der Waals surface area contributed by atoms with Crippen LogP contribution in [-0.4, -0.2) is 53.4 Å². The Balaban J connectivity index is 1.28. The monoisotopic (exact) mass is 425 g/mol. The molecule has 5 aliphatic rings. The number of nitrogens with one attached hydrogen (secondary N) is 1. The van der Waals surface area contributed by atoms with Crippen molar-refractivity contribution in [1.82, 2.24) is 24.9 Å². The van der Waals surface area contributed by atoms with Gasteiger partial charge in [0.25, 0.3) is 5.91 Å². The Labute approximate surface area is 181 Å². The van der Waals surface area contributed by atoms with Gasteiger partial charge in [0.05, 0.1) is 23.9 Å². The van der Waals surface area contributed by atoms with Crippen molar-refractivity contribution >= 4 is 5.91 Å². The van der Waals surface area contributed by atoms with Crippen LogP contribution in [0.5, 0.6) is 0 Å². The molecule has 2 heterocycles. The van der Waals surface area contributed by atoms with Crippen LogP contribution < -0.4 is 5.32 Å². The summed E-state index contributed by atoms with van der Waals surface area (Å²) in [5.41, 5.74) is 0.0383. The maximum absolute atomic E-state index is 13.5. The molecule has 1 amide bonds. The van der Waals surface area contributed by atoms with Gasteiger partial charge < -0.3 is 15.5 Å². The standard InChI is InChI=1S/C23H31N5O3/c29-18-4-2-17(3-5-18)28-22(27-7-1-6-24-27)19(13-25-28)21(30)26-20-15-8-14-9-16(20)12-23(31,10-14)11-15/h1,6-7,13-18,20,29,31H,2-5,8-12H2,(H,26,30)/t14?,15-,16-,17?,18?,20?,23?/m0/s1. The summed E-state index contributed by atoms with van der Waals surface area (Å²) in [5, 5.41) is 33.1. The highest BCUT2D eigenvalue weighted by atomic mass is 16.3. The summed E-state index contributed by atoms with van der Waals surface area (Å²) in [7, 11) is 0. The van der Waals surface area contributed by atoms with Gasteiger partial charge in [-0.3, -0.25) is 4.79 Å². The Morgan fingerprint density at radius 3 is 2.48 bits per heavy atom. The Morgan fingerprint density at radius 2 is 1.84 bits per heavy atom. The van der Waals surface area contributed by atoms with E-state index >= 15 is 0 Å². The fourth-order valence-corrected chi connectivity index (χ4v) is 7.15. The van der Waals surface area contributed by atoms with Crippen LogP contribution in [0.3, 0.4) is 0 Å². The maximum Gasteiger partial charge on any atom is 0.256 e. The second-order valence-electron chi connectivity index (χ2n) is 10.4. The number of amides is 1. The zero-order chi connectivity index (χ0) is 21.2. The van der Waals surface area contributed by atoms with E-state index in [4.69, 9.17) is 0 Å². The summed E-state index contributed by atoms with van der Waals surface area (Å²) < 4.78 is 3.65. The number of hydrogen-bond donors (Lipinski definition) is 3. The minimum absolute atomic E-state index is 0.0999. The van der Waals surface area contributed by atoms with E-state index in [1.165, 1.54) is 0 Å². The van der Waals surface area contributed by atoms with Crippen LogP contribution in [0.25, 0.3) is 5.82 Å². The molecule has 3 N–H and O–H groups in total. The van der Waals surface area contributed by atoms with Crippen molar-refractivity contribution in [1.29, 1.82) is 0 Å². The Hall–Kier alpha value is -2.19. The predicted molar refractivity (Wildman–Crippen MR) is 113 cm³/mol. The average molecular weight is 426 g/mol. The van der Waals surface area contributed by atoms with Crippen molar-refractivity contribution in [2.45, 2.75) is 81.6 Å². The van der Waals surface area contributed by atoms with Gasteiger partial charge in [-0.1, -0.05) is 0 Å². The third kappa shape index (κ3) is 3.31. The number of carbonyl (C=O) groups excluding carboxylic acids is 1. The van der Waals surface area contributed by atoms with E-state index in [1.807, 2.05) is 16.9 Å². The summed E-state index contributed by atoms with van der Waals surface area (Å²) in [5.74, 6) is 1.94. The van der Waals surface area contributed by atoms with Crippen molar-refractivity contribution in [3.63, 3.8) is 0 Å². The molecule has 5 aliphatic carbocycles. The molecule has 0 unspecified atom stereocenters. The topological polar surface area (TPSA) is 105 Å². The van der Waals surface area contributed by atoms with Gasteiger partial charge in [-0.05, 0) is 81.6 Å². The normalized spacial score (nSPS) is 39.0. The predicted octanol–water partition coefficient (Wildman–Crippen LogP) is 2.21. The van der Waals surface area contributed by atoms with Crippen molar-refractivity contribution < 1.29 is 15.0 Å². The van der Waals surface area contributed by atoms with Crippen LogP contribution in [0.1, 0.15) is 74.2 Å². The van der Waals surface area contributed by atoms with Gasteiger partial charge in [-0.15, -0.1) is 0 Å². The van der Waals surface area contributed by atoms with Gasteiger partial charge in [0.1, 0.15) is 5.56 Å². The van der Waals surface area contributed by atoms with Crippen LogP contribution in [0.15, 0.2) is 24.7 Å². The summed E-state index contributed by atoms with van der Waals surface area (Å²) in [6.07, 6.45) is 12.9. The van der Waals surface area contributed by atoms with E-state index in [1.54, 1.807) is 17.1 Å². The molecule has 2 aromatic rings. The van der Waals surface area contributed by atoms with Gasteiger partial charge in [-0.2, -0.15) is 10.2 Å². The van der Waals surface area contributed by atoms with Crippen molar-refractivity contribution in [2.75, 3.05) is 0 Å². The summed E-state index contributed by atoms with van der Waals surface area (Å²) >= 11 is 0. The zero-order valence-corrected chi connectivity index (χ0v) is 17.7. The molecular formula is C23H31N5O3. The van der Waals surface area contributed by atoms with Gasteiger partial charge in [0.2, 0.25) is 0 Å². The first-order chi connectivity index (χ1) is 15.0. The first kappa shape index (κ1) is 19.5. The minimum Gasteiger partial charge on any atom is -0.393 e. The number of carbonyl (C=O) groups is 1. The molecule has 8 heteroatoms. The van der Waals surface area contributed by atoms with E-state index < -0.39 is 5.60 Å². The number of aliphatic hydroxyl groups is 2. The number of aromatic nitrogens is 4. The molecule has 31 heavy (non-hydrogen) atoms. The Bertz CT molecular complexity index is 946. The lowest BCUT2D eigenvalue weighted by atomic mass is 9.52. The molecule has 0 aliphatic heterocycles. The highest BCUT2D eigenvalue weighted by Gasteiger charge is 2.55. The van der Waals surface area contributed by atoms with E-state index in [9.17, 15) is 15.0 Å². The van der Waals surface area contributed by atoms with Crippen molar-refractivity contribution in [3.05, 3.63) is 30.2 Å². The second-order valence-corrected chi connectivity index (χ2v) is 10.4. The molecule has 0 radical (unpaired) electrons. The molecular weight excluding hydrogens is 394 g/mol. The van der Waals surface area contributed by atoms with E-state index in [2.05, 4.69) is 15.5 Å². The number of aliphatic hydroxyl groups excluding tert-OH is 1. The fraction of sp³-hybridized carbons (Fsp3) is 0.696. The number of hydrogen-bond acceptors (Lipinski definition) is 5. The lowest BCUT2D eigenvalue weighted by molar-refractivity contribution is -0.136. The highest BCUT2D eigenvalue weighted by molar-refractivity contribution is 5.97. The smallest absolute Gasteiger partial charge is 0.256 e. The van der Waals surface area contributed by atoms with Crippen LogP contribution in [0, 0.1) is 17.8 Å². The van der Waals surface area contributed by atoms with Gasteiger partial charge in [-0.25, -0.2) is 9.36 Å². The summed E-state index contributed by atoms with van der Waals surface area (Å²) in [4.78, 5) is 13.5. The van der Waals surface area contributed by atoms with E-state index in [0.29, 0.717) is 29.1 Å². The Morgan fingerprint density at radius 1 is 1.10 bits per heavy atom. The summed E-state index contributed by atoms with van der Waals surface area (Å²) in [6, 6.07) is 2.13. The molecule has 2 atom stereocenters. The first-order valence-corrected chi connectivity index (χ1v) is 11.8. The van der Waals surface area contributed by atoms with Gasteiger partial charge >= 0.3 is 0 Å². The summed E-state index contributed by atoms with van der Waals surface area (Å²) in [6.45, 7) is 0. The molecule has 7 rings (SSSR count). The molecule has 5 fully saturated rings. The molecule has 5 saturated carbocycles. The minimum atomic E-state index is -0.506. The van der Waals surface area contributed by atoms with Gasteiger partial charge in [0, 0.05) is 18.4 Å². The van der Waals surface area contributed by atoms with Crippen LogP contribution in [-0.2, 0) is 0 Å². The third-order valence-corrected chi connectivity index (χ3v) is 8.29. The van der Waals surface area contributed by atoms with Crippen LogP contribution in [0.2, 0.25) is 0 Å². The Kier molecular flexibility index (Phi) is 4.51. The fourth-order valence-electron chi connectivity index (χ4n) is 7.15. The largest absolute Gasteiger partial charge is 0.393 e. The first-order valence-electron chi connectivity index (χ1n) is 11.8. The third-order valence-electron chi connectivity index (χ3n) is 8.29. The van der Waals surface area contributed by atoms with E-state index in [0.717, 1.165) is 57.8 Å². The molecule has 4 bridgehead atoms. The molecule has 0 spiro atoms. The van der Waals surface area contributed by atoms with Crippen molar-refractivity contribution in [3.8, 4) is 5.82 Å². The van der Waals surface area contributed by atoms with Crippen LogP contribution in [0.4, 0.5) is 0 Å². The quantitative estimate of drug-likeness (QED) is 0.697. The van der Waals surface area contributed by atoms with E-state index in [-0.39, 0.29) is 24.1 Å². The second kappa shape index (κ2) is 7.17. The molecule has 166 valence electrons. The van der Waals surface area contributed by atoms with Crippen LogP contribution >= 0.6 is 0 Å². The lowest BCUT2D eigenvalue weighted by Gasteiger charge is -2.58. The zero-order valence-electron chi connectivity index (χ0n) is 17.7. The van der Waals surface area contributed by atoms with Crippen molar-refractivity contribution in [2.24, 2.45) is 17.8 Å². The highest BCUT2D eigenvalue weighted by Crippen LogP contribution is 2.55. The number of rotatable bonds is 4. The lowest BCUT2D eigenvalue weighted by Crippen LogP contribution is -2.61. The van der Waals surface area contributed by atoms with Gasteiger partial charge in [0.15, 0.2) is 5.82 Å². The number of nitrogens with zero attached hydrogens (tertiary/aromatic N) is 4. The maximum atomic E-state index is 13.5. The molecule has 0 saturated heterocycles. The molecule has 2 aromatic heterocycles.